The maximum Gasteiger partial charge on any atom is 0.255 e. The fourth-order valence-corrected chi connectivity index (χ4v) is 2.97. The Morgan fingerprint density at radius 1 is 1.15 bits per heavy atom. The molecule has 0 radical (unpaired) electrons. The number of carbonyl (C=O) groups is 1. The summed E-state index contributed by atoms with van der Waals surface area (Å²) in [5.74, 6) is 0.487. The van der Waals surface area contributed by atoms with Gasteiger partial charge in [0, 0.05) is 18.2 Å². The molecule has 1 aliphatic heterocycles. The van der Waals surface area contributed by atoms with Crippen molar-refractivity contribution >= 4 is 42.1 Å². The minimum Gasteiger partial charge on any atom is -0.497 e. The SMILES string of the molecule is COc1ccc(N)c(NC(=O)c2cccc(CN3CCCC3)c2)c1.Cl.Cl. The number of anilines is 2. The Hall–Kier alpha value is -1.95. The molecule has 142 valence electrons. The number of nitrogens with zero attached hydrogens (tertiary/aromatic N) is 1. The van der Waals surface area contributed by atoms with Gasteiger partial charge in [0.1, 0.15) is 5.75 Å². The molecule has 5 nitrogen and oxygen atoms in total. The molecule has 0 aliphatic carbocycles. The molecule has 3 N–H and O–H groups in total. The highest BCUT2D eigenvalue weighted by Crippen LogP contribution is 2.25. The van der Waals surface area contributed by atoms with Gasteiger partial charge in [-0.05, 0) is 55.8 Å². The minimum absolute atomic E-state index is 0. The van der Waals surface area contributed by atoms with Crippen molar-refractivity contribution in [3.63, 3.8) is 0 Å². The van der Waals surface area contributed by atoms with Gasteiger partial charge in [-0.3, -0.25) is 9.69 Å². The van der Waals surface area contributed by atoms with Crippen molar-refractivity contribution in [1.29, 1.82) is 0 Å². The normalized spacial score (nSPS) is 13.4. The molecule has 1 saturated heterocycles. The molecule has 26 heavy (non-hydrogen) atoms. The molecule has 1 heterocycles. The van der Waals surface area contributed by atoms with Crippen molar-refractivity contribution in [2.45, 2.75) is 19.4 Å². The van der Waals surface area contributed by atoms with Gasteiger partial charge < -0.3 is 15.8 Å². The summed E-state index contributed by atoms with van der Waals surface area (Å²) in [5.41, 5.74) is 8.79. The van der Waals surface area contributed by atoms with Crippen LogP contribution in [-0.2, 0) is 6.54 Å². The van der Waals surface area contributed by atoms with E-state index in [0.717, 1.165) is 25.2 Å². The molecule has 3 rings (SSSR count). The highest BCUT2D eigenvalue weighted by molar-refractivity contribution is 6.06. The number of amides is 1. The number of ether oxygens (including phenoxy) is 1. The number of carbonyl (C=O) groups excluding carboxylic acids is 1. The van der Waals surface area contributed by atoms with Crippen LogP contribution in [0.5, 0.6) is 5.75 Å². The number of hydrogen-bond acceptors (Lipinski definition) is 4. The van der Waals surface area contributed by atoms with E-state index in [9.17, 15) is 4.79 Å². The largest absolute Gasteiger partial charge is 0.497 e. The third kappa shape index (κ3) is 5.53. The number of hydrogen-bond donors (Lipinski definition) is 2. The van der Waals surface area contributed by atoms with E-state index < -0.39 is 0 Å². The maximum absolute atomic E-state index is 12.5. The van der Waals surface area contributed by atoms with E-state index in [1.165, 1.54) is 12.8 Å². The smallest absolute Gasteiger partial charge is 0.255 e. The number of methoxy groups -OCH3 is 1. The Morgan fingerprint density at radius 3 is 2.58 bits per heavy atom. The van der Waals surface area contributed by atoms with Crippen molar-refractivity contribution in [2.75, 3.05) is 31.2 Å². The summed E-state index contributed by atoms with van der Waals surface area (Å²) in [5, 5.41) is 2.86. The lowest BCUT2D eigenvalue weighted by Crippen LogP contribution is -2.19. The quantitative estimate of drug-likeness (QED) is 0.748. The summed E-state index contributed by atoms with van der Waals surface area (Å²) < 4.78 is 5.18. The van der Waals surface area contributed by atoms with E-state index in [1.54, 1.807) is 25.3 Å². The summed E-state index contributed by atoms with van der Waals surface area (Å²) in [6.07, 6.45) is 2.52. The van der Waals surface area contributed by atoms with Crippen LogP contribution in [0, 0.1) is 0 Å². The Morgan fingerprint density at radius 2 is 1.88 bits per heavy atom. The number of benzene rings is 2. The van der Waals surface area contributed by atoms with Crippen molar-refractivity contribution < 1.29 is 9.53 Å². The molecule has 0 bridgehead atoms. The average Bonchev–Trinajstić information content (AvgIpc) is 3.10. The zero-order valence-electron chi connectivity index (χ0n) is 14.7. The molecule has 0 saturated carbocycles. The van der Waals surface area contributed by atoms with Crippen molar-refractivity contribution in [1.82, 2.24) is 4.90 Å². The molecule has 1 amide bonds. The second-order valence-electron chi connectivity index (χ2n) is 6.09. The number of nitrogens with one attached hydrogen (secondary N) is 1. The summed E-state index contributed by atoms with van der Waals surface area (Å²) in [7, 11) is 1.58. The molecular formula is C19H25Cl2N3O2. The Kier molecular flexibility index (Phi) is 8.72. The van der Waals surface area contributed by atoms with Gasteiger partial charge in [-0.15, -0.1) is 24.8 Å². The molecule has 1 aliphatic rings. The van der Waals surface area contributed by atoms with Gasteiger partial charge in [0.05, 0.1) is 18.5 Å². The van der Waals surface area contributed by atoms with Crippen LogP contribution in [0.2, 0.25) is 0 Å². The average molecular weight is 398 g/mol. The zero-order chi connectivity index (χ0) is 16.9. The van der Waals surface area contributed by atoms with Crippen LogP contribution in [0.15, 0.2) is 42.5 Å². The topological polar surface area (TPSA) is 67.6 Å². The number of halogens is 2. The van der Waals surface area contributed by atoms with E-state index in [2.05, 4.69) is 16.3 Å². The monoisotopic (exact) mass is 397 g/mol. The third-order valence-corrected chi connectivity index (χ3v) is 4.30. The minimum atomic E-state index is -0.168. The lowest BCUT2D eigenvalue weighted by molar-refractivity contribution is 0.102. The summed E-state index contributed by atoms with van der Waals surface area (Å²) in [6, 6.07) is 13.0. The molecule has 7 heteroatoms. The summed E-state index contributed by atoms with van der Waals surface area (Å²) in [4.78, 5) is 14.9. The lowest BCUT2D eigenvalue weighted by atomic mass is 10.1. The molecule has 1 fully saturated rings. The highest BCUT2D eigenvalue weighted by atomic mass is 35.5. The van der Waals surface area contributed by atoms with Crippen LogP contribution in [0.4, 0.5) is 11.4 Å². The lowest BCUT2D eigenvalue weighted by Gasteiger charge is -2.15. The fraction of sp³-hybridized carbons (Fsp3) is 0.316. The van der Waals surface area contributed by atoms with Crippen LogP contribution in [0.3, 0.4) is 0 Å². The van der Waals surface area contributed by atoms with Crippen LogP contribution in [0.1, 0.15) is 28.8 Å². The van der Waals surface area contributed by atoms with Gasteiger partial charge in [0.25, 0.3) is 5.91 Å². The Labute approximate surface area is 166 Å². The fourth-order valence-electron chi connectivity index (χ4n) is 2.97. The van der Waals surface area contributed by atoms with Crippen LogP contribution >= 0.6 is 24.8 Å². The Balaban J connectivity index is 0.00000169. The molecule has 2 aromatic carbocycles. The second-order valence-corrected chi connectivity index (χ2v) is 6.09. The van der Waals surface area contributed by atoms with E-state index in [1.807, 2.05) is 18.2 Å². The maximum atomic E-state index is 12.5. The first-order valence-corrected chi connectivity index (χ1v) is 8.22. The van der Waals surface area contributed by atoms with Gasteiger partial charge >= 0.3 is 0 Å². The number of likely N-dealkylation sites (tertiary alicyclic amines) is 1. The molecule has 0 aromatic heterocycles. The second kappa shape index (κ2) is 10.3. The first-order chi connectivity index (χ1) is 11.7. The van der Waals surface area contributed by atoms with Crippen molar-refractivity contribution in [3.8, 4) is 5.75 Å². The molecule has 0 atom stereocenters. The Bertz CT molecular complexity index is 734. The van der Waals surface area contributed by atoms with Crippen LogP contribution < -0.4 is 15.8 Å². The number of nitrogens with two attached hydrogens (primary N) is 1. The summed E-state index contributed by atoms with van der Waals surface area (Å²) in [6.45, 7) is 3.16. The van der Waals surface area contributed by atoms with Gasteiger partial charge in [-0.1, -0.05) is 12.1 Å². The van der Waals surface area contributed by atoms with Gasteiger partial charge in [0.2, 0.25) is 0 Å². The molecule has 0 unspecified atom stereocenters. The highest BCUT2D eigenvalue weighted by Gasteiger charge is 2.14. The van der Waals surface area contributed by atoms with Crippen molar-refractivity contribution in [3.05, 3.63) is 53.6 Å². The zero-order valence-corrected chi connectivity index (χ0v) is 16.4. The van der Waals surface area contributed by atoms with Gasteiger partial charge in [-0.2, -0.15) is 0 Å². The molecular weight excluding hydrogens is 373 g/mol. The van der Waals surface area contributed by atoms with E-state index in [4.69, 9.17) is 10.5 Å². The van der Waals surface area contributed by atoms with E-state index in [-0.39, 0.29) is 30.7 Å². The van der Waals surface area contributed by atoms with Gasteiger partial charge in [0.15, 0.2) is 0 Å². The van der Waals surface area contributed by atoms with Gasteiger partial charge in [-0.25, -0.2) is 0 Å². The number of rotatable bonds is 5. The van der Waals surface area contributed by atoms with E-state index >= 15 is 0 Å². The number of nitrogen functional groups attached to an aromatic ring is 1. The first-order valence-electron chi connectivity index (χ1n) is 8.22. The summed E-state index contributed by atoms with van der Waals surface area (Å²) >= 11 is 0. The molecule has 2 aromatic rings. The van der Waals surface area contributed by atoms with Crippen LogP contribution in [-0.4, -0.2) is 31.0 Å². The van der Waals surface area contributed by atoms with Crippen molar-refractivity contribution in [2.24, 2.45) is 0 Å². The molecule has 0 spiro atoms. The standard InChI is InChI=1S/C19H23N3O2.2ClH/c1-24-16-7-8-17(20)18(12-16)21-19(23)15-6-4-5-14(11-15)13-22-9-2-3-10-22;;/h4-8,11-12H,2-3,9-10,13,20H2,1H3,(H,21,23);2*1H. The predicted octanol–water partition coefficient (Wildman–Crippen LogP) is 3.97. The third-order valence-electron chi connectivity index (χ3n) is 4.30. The first kappa shape index (κ1) is 22.1. The predicted molar refractivity (Wildman–Crippen MR) is 111 cm³/mol. The van der Waals surface area contributed by atoms with Crippen LogP contribution in [0.25, 0.3) is 0 Å². The van der Waals surface area contributed by atoms with E-state index in [0.29, 0.717) is 22.7 Å².